The Bertz CT molecular complexity index is 705. The lowest BCUT2D eigenvalue weighted by Gasteiger charge is -2.36. The summed E-state index contributed by atoms with van der Waals surface area (Å²) in [4.78, 5) is 16.0. The lowest BCUT2D eigenvalue weighted by atomic mass is 10.2. The van der Waals surface area contributed by atoms with Crippen LogP contribution in [0.2, 0.25) is 0 Å². The summed E-state index contributed by atoms with van der Waals surface area (Å²) >= 11 is 0. The molecule has 3 rings (SSSR count). The molecule has 1 aromatic carbocycles. The highest BCUT2D eigenvalue weighted by Gasteiger charge is 2.19. The molecule has 0 atom stereocenters. The van der Waals surface area contributed by atoms with Gasteiger partial charge in [-0.25, -0.2) is 4.39 Å². The topological polar surface area (TPSA) is 28.5 Å². The highest BCUT2D eigenvalue weighted by atomic mass is 19.1. The van der Waals surface area contributed by atoms with Crippen LogP contribution < -0.4 is 10.5 Å². The number of piperazine rings is 1. The molecule has 1 aliphatic rings. The van der Waals surface area contributed by atoms with Crippen LogP contribution in [-0.2, 0) is 13.6 Å². The summed E-state index contributed by atoms with van der Waals surface area (Å²) in [5.74, 6) is -0.164. The van der Waals surface area contributed by atoms with Crippen molar-refractivity contribution in [3.63, 3.8) is 0 Å². The van der Waals surface area contributed by atoms with Crippen molar-refractivity contribution in [2.24, 2.45) is 7.05 Å². The number of aromatic nitrogens is 1. The Kier molecular flexibility index (Phi) is 4.24. The number of para-hydroxylation sites is 1. The van der Waals surface area contributed by atoms with Crippen LogP contribution >= 0.6 is 0 Å². The van der Waals surface area contributed by atoms with E-state index < -0.39 is 0 Å². The zero-order valence-corrected chi connectivity index (χ0v) is 12.7. The van der Waals surface area contributed by atoms with Crippen molar-refractivity contribution < 1.29 is 4.39 Å². The minimum Gasteiger partial charge on any atom is -0.367 e. The predicted octanol–water partition coefficient (Wildman–Crippen LogP) is 1.85. The normalized spacial score (nSPS) is 16.0. The smallest absolute Gasteiger partial charge is 0.250 e. The van der Waals surface area contributed by atoms with Crippen molar-refractivity contribution >= 4 is 5.69 Å². The number of nitrogens with zero attached hydrogens (tertiary/aromatic N) is 3. The molecule has 116 valence electrons. The van der Waals surface area contributed by atoms with Crippen molar-refractivity contribution in [2.45, 2.75) is 6.54 Å². The van der Waals surface area contributed by atoms with Gasteiger partial charge in [-0.2, -0.15) is 0 Å². The number of hydrogen-bond acceptors (Lipinski definition) is 3. The summed E-state index contributed by atoms with van der Waals surface area (Å²) in [6.45, 7) is 4.09. The summed E-state index contributed by atoms with van der Waals surface area (Å²) in [6, 6.07) is 10.6. The third-order valence-corrected chi connectivity index (χ3v) is 4.14. The van der Waals surface area contributed by atoms with Gasteiger partial charge in [-0.05, 0) is 23.8 Å². The van der Waals surface area contributed by atoms with Gasteiger partial charge in [0.1, 0.15) is 5.82 Å². The van der Waals surface area contributed by atoms with E-state index in [1.54, 1.807) is 29.9 Å². The fourth-order valence-electron chi connectivity index (χ4n) is 2.80. The molecule has 4 nitrogen and oxygen atoms in total. The van der Waals surface area contributed by atoms with Gasteiger partial charge in [0.25, 0.3) is 5.56 Å². The molecule has 1 saturated heterocycles. The van der Waals surface area contributed by atoms with Crippen molar-refractivity contribution in [1.82, 2.24) is 9.47 Å². The molecule has 2 heterocycles. The second-order valence-electron chi connectivity index (χ2n) is 5.70. The Morgan fingerprint density at radius 3 is 2.50 bits per heavy atom. The summed E-state index contributed by atoms with van der Waals surface area (Å²) in [7, 11) is 1.75. The van der Waals surface area contributed by atoms with Gasteiger partial charge < -0.3 is 9.47 Å². The first-order valence-corrected chi connectivity index (χ1v) is 7.51. The van der Waals surface area contributed by atoms with E-state index in [2.05, 4.69) is 9.80 Å². The molecule has 0 unspecified atom stereocenters. The number of hydrogen-bond donors (Lipinski definition) is 0. The molecular formula is C17H20FN3O. The average molecular weight is 301 g/mol. The number of anilines is 1. The Balaban J connectivity index is 1.61. The first-order chi connectivity index (χ1) is 10.6. The standard InChI is InChI=1S/C17H20FN3O/c1-19-7-6-14(12-17(19)22)13-20-8-10-21(11-9-20)16-5-3-2-4-15(16)18/h2-7,12H,8-11,13H2,1H3. The average Bonchev–Trinajstić information content (AvgIpc) is 2.52. The van der Waals surface area contributed by atoms with E-state index in [9.17, 15) is 9.18 Å². The van der Waals surface area contributed by atoms with Crippen LogP contribution in [0.15, 0.2) is 47.4 Å². The fourth-order valence-corrected chi connectivity index (χ4v) is 2.80. The van der Waals surface area contributed by atoms with E-state index in [1.807, 2.05) is 18.2 Å². The second-order valence-corrected chi connectivity index (χ2v) is 5.70. The van der Waals surface area contributed by atoms with Crippen LogP contribution in [0.1, 0.15) is 5.56 Å². The number of aryl methyl sites for hydroxylation is 1. The van der Waals surface area contributed by atoms with Gasteiger partial charge in [0.15, 0.2) is 0 Å². The monoisotopic (exact) mass is 301 g/mol. The summed E-state index contributed by atoms with van der Waals surface area (Å²) in [5, 5.41) is 0. The SMILES string of the molecule is Cn1ccc(CN2CCN(c3ccccc3F)CC2)cc1=O. The molecule has 5 heteroatoms. The number of pyridine rings is 1. The van der Waals surface area contributed by atoms with E-state index in [-0.39, 0.29) is 11.4 Å². The summed E-state index contributed by atoms with van der Waals surface area (Å²) in [6.07, 6.45) is 1.80. The van der Waals surface area contributed by atoms with Crippen LogP contribution in [0.5, 0.6) is 0 Å². The maximum absolute atomic E-state index is 13.8. The minimum atomic E-state index is -0.164. The van der Waals surface area contributed by atoms with Crippen LogP contribution in [0.25, 0.3) is 0 Å². The Morgan fingerprint density at radius 2 is 1.82 bits per heavy atom. The van der Waals surface area contributed by atoms with Crippen LogP contribution in [0.3, 0.4) is 0 Å². The van der Waals surface area contributed by atoms with Gasteiger partial charge in [0.05, 0.1) is 5.69 Å². The van der Waals surface area contributed by atoms with Crippen molar-refractivity contribution in [3.8, 4) is 0 Å². The molecule has 0 aliphatic carbocycles. The van der Waals surface area contributed by atoms with Gasteiger partial charge >= 0.3 is 0 Å². The van der Waals surface area contributed by atoms with E-state index in [0.29, 0.717) is 5.69 Å². The van der Waals surface area contributed by atoms with E-state index in [0.717, 1.165) is 38.3 Å². The molecule has 1 aromatic heterocycles. The quantitative estimate of drug-likeness (QED) is 0.866. The van der Waals surface area contributed by atoms with Gasteiger partial charge in [-0.1, -0.05) is 12.1 Å². The van der Waals surface area contributed by atoms with Gasteiger partial charge in [0.2, 0.25) is 0 Å². The van der Waals surface area contributed by atoms with Crippen molar-refractivity contribution in [2.75, 3.05) is 31.1 Å². The van der Waals surface area contributed by atoms with Crippen LogP contribution in [0, 0.1) is 5.82 Å². The molecule has 0 bridgehead atoms. The lowest BCUT2D eigenvalue weighted by molar-refractivity contribution is 0.249. The molecule has 0 radical (unpaired) electrons. The molecule has 0 amide bonds. The Labute approximate surface area is 129 Å². The Hall–Kier alpha value is -2.14. The van der Waals surface area contributed by atoms with Crippen LogP contribution in [-0.4, -0.2) is 35.6 Å². The number of benzene rings is 1. The summed E-state index contributed by atoms with van der Waals surface area (Å²) < 4.78 is 15.4. The highest BCUT2D eigenvalue weighted by molar-refractivity contribution is 5.48. The molecule has 0 spiro atoms. The number of rotatable bonds is 3. The predicted molar refractivity (Wildman–Crippen MR) is 85.6 cm³/mol. The largest absolute Gasteiger partial charge is 0.367 e. The van der Waals surface area contributed by atoms with E-state index in [4.69, 9.17) is 0 Å². The van der Waals surface area contributed by atoms with Gasteiger partial charge in [-0.3, -0.25) is 9.69 Å². The molecule has 22 heavy (non-hydrogen) atoms. The minimum absolute atomic E-state index is 0.0162. The zero-order chi connectivity index (χ0) is 15.5. The second kappa shape index (κ2) is 6.32. The fraction of sp³-hybridized carbons (Fsp3) is 0.353. The molecule has 1 fully saturated rings. The molecular weight excluding hydrogens is 281 g/mol. The third-order valence-electron chi connectivity index (χ3n) is 4.14. The lowest BCUT2D eigenvalue weighted by Crippen LogP contribution is -2.46. The van der Waals surface area contributed by atoms with Gasteiger partial charge in [0, 0.05) is 52.0 Å². The van der Waals surface area contributed by atoms with Crippen LogP contribution in [0.4, 0.5) is 10.1 Å². The highest BCUT2D eigenvalue weighted by Crippen LogP contribution is 2.20. The maximum Gasteiger partial charge on any atom is 0.250 e. The third kappa shape index (κ3) is 3.20. The molecule has 2 aromatic rings. The first kappa shape index (κ1) is 14.8. The maximum atomic E-state index is 13.8. The molecule has 1 aliphatic heterocycles. The zero-order valence-electron chi connectivity index (χ0n) is 12.7. The van der Waals surface area contributed by atoms with Gasteiger partial charge in [-0.15, -0.1) is 0 Å². The molecule has 0 saturated carbocycles. The Morgan fingerprint density at radius 1 is 1.09 bits per heavy atom. The van der Waals surface area contributed by atoms with E-state index in [1.165, 1.54) is 6.07 Å². The van der Waals surface area contributed by atoms with Crippen molar-refractivity contribution in [1.29, 1.82) is 0 Å². The first-order valence-electron chi connectivity index (χ1n) is 7.51. The number of halogens is 1. The molecule has 0 N–H and O–H groups in total. The van der Waals surface area contributed by atoms with Crippen molar-refractivity contribution in [3.05, 3.63) is 64.3 Å². The summed E-state index contributed by atoms with van der Waals surface area (Å²) in [5.41, 5.74) is 1.72. The van der Waals surface area contributed by atoms with E-state index >= 15 is 0 Å².